The molecule has 1 saturated heterocycles. The van der Waals surface area contributed by atoms with E-state index in [0.717, 1.165) is 5.56 Å². The lowest BCUT2D eigenvalue weighted by Gasteiger charge is -2.30. The predicted octanol–water partition coefficient (Wildman–Crippen LogP) is 1.87. The van der Waals surface area contributed by atoms with Gasteiger partial charge in [0.1, 0.15) is 0 Å². The van der Waals surface area contributed by atoms with Crippen LogP contribution in [0.1, 0.15) is 28.8 Å². The number of rotatable bonds is 4. The van der Waals surface area contributed by atoms with E-state index in [4.69, 9.17) is 5.11 Å². The number of piperidine rings is 1. The lowest BCUT2D eigenvalue weighted by Crippen LogP contribution is -2.40. The van der Waals surface area contributed by atoms with Gasteiger partial charge in [0.05, 0.1) is 12.5 Å². The molecule has 0 atom stereocenters. The third-order valence-corrected chi connectivity index (χ3v) is 4.24. The van der Waals surface area contributed by atoms with Crippen LogP contribution in [0.2, 0.25) is 0 Å². The Morgan fingerprint density at radius 2 is 1.87 bits per heavy atom. The number of likely N-dealkylation sites (tertiary alicyclic amines) is 1. The zero-order chi connectivity index (χ0) is 16.2. The van der Waals surface area contributed by atoms with Crippen molar-refractivity contribution in [1.82, 2.24) is 14.7 Å². The first kappa shape index (κ1) is 15.3. The summed E-state index contributed by atoms with van der Waals surface area (Å²) in [6.07, 6.45) is 4.68. The van der Waals surface area contributed by atoms with Crippen molar-refractivity contribution in [3.63, 3.8) is 0 Å². The largest absolute Gasteiger partial charge is 0.481 e. The number of nitrogens with zero attached hydrogens (tertiary/aromatic N) is 3. The standard InChI is InChI=1S/C17H19N3O3/c21-16(19-10-6-15(7-11-19)17(22)23)14-4-2-13(3-5-14)12-20-9-1-8-18-20/h1-5,8-9,15H,6-7,10-12H2,(H,22,23). The molecule has 0 spiro atoms. The first-order valence-corrected chi connectivity index (χ1v) is 7.72. The molecule has 0 aliphatic carbocycles. The molecule has 2 heterocycles. The third kappa shape index (κ3) is 3.59. The van der Waals surface area contributed by atoms with Crippen LogP contribution in [0, 0.1) is 5.92 Å². The lowest BCUT2D eigenvalue weighted by molar-refractivity contribution is -0.143. The number of carbonyl (C=O) groups excluding carboxylic acids is 1. The summed E-state index contributed by atoms with van der Waals surface area (Å²) in [6.45, 7) is 1.68. The van der Waals surface area contributed by atoms with Gasteiger partial charge in [0, 0.05) is 31.0 Å². The van der Waals surface area contributed by atoms with E-state index in [0.29, 0.717) is 38.0 Å². The van der Waals surface area contributed by atoms with Crippen molar-refractivity contribution >= 4 is 11.9 Å². The number of hydrogen-bond donors (Lipinski definition) is 1. The minimum absolute atomic E-state index is 0.0283. The van der Waals surface area contributed by atoms with Crippen LogP contribution in [0.3, 0.4) is 0 Å². The third-order valence-electron chi connectivity index (χ3n) is 4.24. The molecular weight excluding hydrogens is 294 g/mol. The number of carboxylic acid groups (broad SMARTS) is 1. The topological polar surface area (TPSA) is 75.4 Å². The number of amides is 1. The van der Waals surface area contributed by atoms with Gasteiger partial charge in [-0.2, -0.15) is 5.10 Å². The molecule has 1 aliphatic heterocycles. The first-order chi connectivity index (χ1) is 11.1. The van der Waals surface area contributed by atoms with Gasteiger partial charge in [-0.3, -0.25) is 14.3 Å². The van der Waals surface area contributed by atoms with E-state index in [9.17, 15) is 9.59 Å². The number of hydrogen-bond acceptors (Lipinski definition) is 3. The second-order valence-corrected chi connectivity index (χ2v) is 5.81. The van der Waals surface area contributed by atoms with E-state index in [1.165, 1.54) is 0 Å². The fraction of sp³-hybridized carbons (Fsp3) is 0.353. The highest BCUT2D eigenvalue weighted by atomic mass is 16.4. The molecule has 1 aliphatic rings. The summed E-state index contributed by atoms with van der Waals surface area (Å²) in [5, 5.41) is 13.2. The molecule has 1 amide bonds. The molecule has 23 heavy (non-hydrogen) atoms. The van der Waals surface area contributed by atoms with Crippen LogP contribution in [0.15, 0.2) is 42.7 Å². The lowest BCUT2D eigenvalue weighted by atomic mass is 9.96. The molecule has 1 N–H and O–H groups in total. The van der Waals surface area contributed by atoms with Crippen molar-refractivity contribution in [1.29, 1.82) is 0 Å². The molecular formula is C17H19N3O3. The van der Waals surface area contributed by atoms with Gasteiger partial charge in [0.15, 0.2) is 0 Å². The van der Waals surface area contributed by atoms with Gasteiger partial charge < -0.3 is 10.0 Å². The highest BCUT2D eigenvalue weighted by Gasteiger charge is 2.27. The van der Waals surface area contributed by atoms with Crippen LogP contribution in [0.4, 0.5) is 0 Å². The Kier molecular flexibility index (Phi) is 4.41. The molecule has 0 radical (unpaired) electrons. The number of carbonyl (C=O) groups is 2. The summed E-state index contributed by atoms with van der Waals surface area (Å²) in [5.74, 6) is -1.12. The second-order valence-electron chi connectivity index (χ2n) is 5.81. The van der Waals surface area contributed by atoms with Crippen molar-refractivity contribution in [2.24, 2.45) is 5.92 Å². The molecule has 6 nitrogen and oxygen atoms in total. The number of carboxylic acids is 1. The Morgan fingerprint density at radius 3 is 2.43 bits per heavy atom. The summed E-state index contributed by atoms with van der Waals surface area (Å²) < 4.78 is 1.83. The molecule has 0 saturated carbocycles. The normalized spacial score (nSPS) is 15.6. The Balaban J connectivity index is 1.61. The molecule has 6 heteroatoms. The molecule has 1 fully saturated rings. The minimum atomic E-state index is -0.764. The fourth-order valence-corrected chi connectivity index (χ4v) is 2.85. The van der Waals surface area contributed by atoms with E-state index < -0.39 is 5.97 Å². The molecule has 0 unspecified atom stereocenters. The van der Waals surface area contributed by atoms with Crippen molar-refractivity contribution in [2.75, 3.05) is 13.1 Å². The zero-order valence-electron chi connectivity index (χ0n) is 12.8. The first-order valence-electron chi connectivity index (χ1n) is 7.72. The summed E-state index contributed by atoms with van der Waals surface area (Å²) in [5.41, 5.74) is 1.72. The highest BCUT2D eigenvalue weighted by molar-refractivity contribution is 5.94. The maximum Gasteiger partial charge on any atom is 0.306 e. The molecule has 2 aromatic rings. The van der Waals surface area contributed by atoms with Gasteiger partial charge in [-0.05, 0) is 36.6 Å². The maximum absolute atomic E-state index is 12.5. The molecule has 0 bridgehead atoms. The van der Waals surface area contributed by atoms with Crippen molar-refractivity contribution in [3.8, 4) is 0 Å². The average Bonchev–Trinajstić information content (AvgIpc) is 3.08. The van der Waals surface area contributed by atoms with Gasteiger partial charge in [0.2, 0.25) is 0 Å². The van der Waals surface area contributed by atoms with Gasteiger partial charge in [-0.1, -0.05) is 12.1 Å². The van der Waals surface area contributed by atoms with Crippen molar-refractivity contribution < 1.29 is 14.7 Å². The van der Waals surface area contributed by atoms with Gasteiger partial charge >= 0.3 is 5.97 Å². The summed E-state index contributed by atoms with van der Waals surface area (Å²) >= 11 is 0. The van der Waals surface area contributed by atoms with Crippen LogP contribution in [-0.4, -0.2) is 44.8 Å². The number of aromatic nitrogens is 2. The van der Waals surface area contributed by atoms with Crippen molar-refractivity contribution in [3.05, 3.63) is 53.9 Å². The van der Waals surface area contributed by atoms with Crippen LogP contribution in [-0.2, 0) is 11.3 Å². The molecule has 120 valence electrons. The second kappa shape index (κ2) is 6.64. The summed E-state index contributed by atoms with van der Waals surface area (Å²) in [6, 6.07) is 9.38. The van der Waals surface area contributed by atoms with Gasteiger partial charge in [-0.15, -0.1) is 0 Å². The quantitative estimate of drug-likeness (QED) is 0.935. The van der Waals surface area contributed by atoms with E-state index in [1.807, 2.05) is 41.2 Å². The van der Waals surface area contributed by atoms with E-state index >= 15 is 0 Å². The monoisotopic (exact) mass is 313 g/mol. The molecule has 1 aromatic carbocycles. The Morgan fingerprint density at radius 1 is 1.17 bits per heavy atom. The smallest absolute Gasteiger partial charge is 0.306 e. The highest BCUT2D eigenvalue weighted by Crippen LogP contribution is 2.19. The fourth-order valence-electron chi connectivity index (χ4n) is 2.85. The number of aliphatic carboxylic acids is 1. The summed E-state index contributed by atoms with van der Waals surface area (Å²) in [4.78, 5) is 25.2. The van der Waals surface area contributed by atoms with E-state index in [1.54, 1.807) is 11.1 Å². The zero-order valence-corrected chi connectivity index (χ0v) is 12.8. The number of benzene rings is 1. The SMILES string of the molecule is O=C(O)C1CCN(C(=O)c2ccc(Cn3cccn3)cc2)CC1. The van der Waals surface area contributed by atoms with Crippen LogP contribution in [0.25, 0.3) is 0 Å². The van der Waals surface area contributed by atoms with Crippen LogP contribution < -0.4 is 0 Å². The Hall–Kier alpha value is -2.63. The Labute approximate surface area is 134 Å². The van der Waals surface area contributed by atoms with Gasteiger partial charge in [-0.25, -0.2) is 0 Å². The van der Waals surface area contributed by atoms with Crippen molar-refractivity contribution in [2.45, 2.75) is 19.4 Å². The molecule has 1 aromatic heterocycles. The van der Waals surface area contributed by atoms with E-state index in [-0.39, 0.29) is 11.8 Å². The predicted molar refractivity (Wildman–Crippen MR) is 84.0 cm³/mol. The minimum Gasteiger partial charge on any atom is -0.481 e. The Bertz CT molecular complexity index is 672. The molecule has 3 rings (SSSR count). The van der Waals surface area contributed by atoms with E-state index in [2.05, 4.69) is 5.10 Å². The maximum atomic E-state index is 12.5. The average molecular weight is 313 g/mol. The van der Waals surface area contributed by atoms with Crippen LogP contribution >= 0.6 is 0 Å². The van der Waals surface area contributed by atoms with Crippen LogP contribution in [0.5, 0.6) is 0 Å². The van der Waals surface area contributed by atoms with Gasteiger partial charge in [0.25, 0.3) is 5.91 Å². The summed E-state index contributed by atoms with van der Waals surface area (Å²) in [7, 11) is 0.